The molecule has 8 heteroatoms. The molecule has 0 bridgehead atoms. The van der Waals surface area contributed by atoms with Crippen molar-refractivity contribution >= 4 is 21.8 Å². The molecule has 1 heterocycles. The summed E-state index contributed by atoms with van der Waals surface area (Å²) < 4.78 is 16.3. The Balaban J connectivity index is 2.35. The highest BCUT2D eigenvalue weighted by Crippen LogP contribution is 2.44. The quantitative estimate of drug-likeness (QED) is 0.743. The Labute approximate surface area is 159 Å². The fourth-order valence-corrected chi connectivity index (χ4v) is 3.29. The molecule has 0 spiro atoms. The summed E-state index contributed by atoms with van der Waals surface area (Å²) in [7, 11) is 4.43. The van der Waals surface area contributed by atoms with Crippen LogP contribution in [0.3, 0.4) is 0 Å². The molecule has 2 N–H and O–H groups in total. The molecule has 1 aromatic heterocycles. The lowest BCUT2D eigenvalue weighted by molar-refractivity contribution is 0.0949. The van der Waals surface area contributed by atoms with Crippen molar-refractivity contribution in [1.82, 2.24) is 10.3 Å². The van der Waals surface area contributed by atoms with Gasteiger partial charge in [0.05, 0.1) is 31.4 Å². The van der Waals surface area contributed by atoms with E-state index in [1.807, 2.05) is 19.9 Å². The molecule has 0 atom stereocenters. The predicted molar refractivity (Wildman–Crippen MR) is 102 cm³/mol. The summed E-state index contributed by atoms with van der Waals surface area (Å²) in [6, 6.07) is 3.41. The third-order valence-electron chi connectivity index (χ3n) is 3.93. The number of ether oxygens (including phenoxy) is 3. The van der Waals surface area contributed by atoms with Crippen LogP contribution in [0.2, 0.25) is 0 Å². The van der Waals surface area contributed by atoms with Crippen LogP contribution in [-0.2, 0) is 6.54 Å². The maximum absolute atomic E-state index is 12.7. The summed E-state index contributed by atoms with van der Waals surface area (Å²) in [5, 5.41) is 2.76. The van der Waals surface area contributed by atoms with Crippen LogP contribution in [0.1, 0.15) is 27.2 Å². The van der Waals surface area contributed by atoms with Gasteiger partial charge in [-0.25, -0.2) is 0 Å². The van der Waals surface area contributed by atoms with Gasteiger partial charge in [-0.2, -0.15) is 0 Å². The third kappa shape index (κ3) is 3.85. The molecule has 0 fully saturated rings. The van der Waals surface area contributed by atoms with Gasteiger partial charge < -0.3 is 24.5 Å². The van der Waals surface area contributed by atoms with E-state index in [1.165, 1.54) is 21.3 Å². The molecule has 26 heavy (non-hydrogen) atoms. The molecule has 0 saturated carbocycles. The number of methoxy groups -OCH3 is 3. The summed E-state index contributed by atoms with van der Waals surface area (Å²) in [4.78, 5) is 27.5. The first-order chi connectivity index (χ1) is 12.3. The average molecular weight is 425 g/mol. The second kappa shape index (κ2) is 8.27. The first kappa shape index (κ1) is 19.8. The van der Waals surface area contributed by atoms with Crippen molar-refractivity contribution in [2.24, 2.45) is 0 Å². The number of amides is 1. The van der Waals surface area contributed by atoms with E-state index in [0.29, 0.717) is 32.8 Å². The van der Waals surface area contributed by atoms with Crippen LogP contribution in [-0.4, -0.2) is 32.2 Å². The van der Waals surface area contributed by atoms with Crippen LogP contribution >= 0.6 is 15.9 Å². The van der Waals surface area contributed by atoms with Crippen molar-refractivity contribution in [2.75, 3.05) is 21.3 Å². The maximum atomic E-state index is 12.7. The van der Waals surface area contributed by atoms with E-state index in [4.69, 9.17) is 14.2 Å². The zero-order chi connectivity index (χ0) is 19.4. The summed E-state index contributed by atoms with van der Waals surface area (Å²) >= 11 is 3.37. The van der Waals surface area contributed by atoms with Crippen LogP contribution in [0.25, 0.3) is 0 Å². The van der Waals surface area contributed by atoms with Gasteiger partial charge in [-0.15, -0.1) is 0 Å². The minimum atomic E-state index is -0.379. The van der Waals surface area contributed by atoms with Crippen LogP contribution in [0.4, 0.5) is 0 Å². The lowest BCUT2D eigenvalue weighted by atomic mass is 10.1. The monoisotopic (exact) mass is 424 g/mol. The Hall–Kier alpha value is -2.48. The van der Waals surface area contributed by atoms with Crippen molar-refractivity contribution in [2.45, 2.75) is 20.4 Å². The van der Waals surface area contributed by atoms with Crippen molar-refractivity contribution < 1.29 is 19.0 Å². The number of carbonyl (C=O) groups is 1. The van der Waals surface area contributed by atoms with Gasteiger partial charge in [0.15, 0.2) is 11.5 Å². The lowest BCUT2D eigenvalue weighted by Crippen LogP contribution is -2.28. The molecule has 0 radical (unpaired) electrons. The Morgan fingerprint density at radius 1 is 1.12 bits per heavy atom. The number of hydrogen-bond donors (Lipinski definition) is 2. The van der Waals surface area contributed by atoms with Crippen molar-refractivity contribution in [3.8, 4) is 17.2 Å². The van der Waals surface area contributed by atoms with E-state index < -0.39 is 0 Å². The van der Waals surface area contributed by atoms with Gasteiger partial charge in [0.25, 0.3) is 11.5 Å². The Kier molecular flexibility index (Phi) is 6.31. The van der Waals surface area contributed by atoms with Crippen molar-refractivity contribution in [1.29, 1.82) is 0 Å². The Bertz CT molecular complexity index is 892. The first-order valence-corrected chi connectivity index (χ1v) is 8.59. The number of rotatable bonds is 6. The molecule has 0 aliphatic rings. The second-order valence-electron chi connectivity index (χ2n) is 5.63. The number of aryl methyl sites for hydroxylation is 2. The molecule has 0 unspecified atom stereocenters. The zero-order valence-electron chi connectivity index (χ0n) is 15.3. The van der Waals surface area contributed by atoms with E-state index in [0.717, 1.165) is 11.3 Å². The van der Waals surface area contributed by atoms with Crippen molar-refractivity contribution in [3.05, 3.63) is 49.3 Å². The Morgan fingerprint density at radius 2 is 1.77 bits per heavy atom. The van der Waals surface area contributed by atoms with E-state index in [-0.39, 0.29) is 18.0 Å². The number of aromatic nitrogens is 1. The van der Waals surface area contributed by atoms with E-state index in [1.54, 1.807) is 6.07 Å². The predicted octanol–water partition coefficient (Wildman–Crippen LogP) is 2.71. The minimum absolute atomic E-state index is 0.101. The summed E-state index contributed by atoms with van der Waals surface area (Å²) in [5.74, 6) is 0.711. The second-order valence-corrected chi connectivity index (χ2v) is 6.43. The molecule has 1 aromatic carbocycles. The summed E-state index contributed by atoms with van der Waals surface area (Å²) in [6.07, 6.45) is 0. The van der Waals surface area contributed by atoms with Gasteiger partial charge >= 0.3 is 0 Å². The van der Waals surface area contributed by atoms with Crippen LogP contribution in [0.15, 0.2) is 21.4 Å². The number of hydrogen-bond acceptors (Lipinski definition) is 5. The topological polar surface area (TPSA) is 89.7 Å². The molecule has 140 valence electrons. The number of nitrogens with one attached hydrogen (secondary N) is 2. The SMILES string of the molecule is COc1cc(C(=O)NCc2c(C)cc(C)[nH]c2=O)c(Br)c(OC)c1OC. The largest absolute Gasteiger partial charge is 0.493 e. The van der Waals surface area contributed by atoms with E-state index in [2.05, 4.69) is 26.2 Å². The number of halogens is 1. The number of carbonyl (C=O) groups excluding carboxylic acids is 1. The maximum Gasteiger partial charge on any atom is 0.253 e. The van der Waals surface area contributed by atoms with Crippen LogP contribution in [0, 0.1) is 13.8 Å². The standard InChI is InChI=1S/C18H21BrN2O5/c1-9-6-10(2)21-18(23)12(9)8-20-17(22)11-7-13(24-3)15(25-4)16(26-5)14(11)19/h6-7H,8H2,1-5H3,(H,20,22)(H,21,23). The van der Waals surface area contributed by atoms with Gasteiger partial charge in [-0.05, 0) is 47.5 Å². The molecule has 2 rings (SSSR count). The minimum Gasteiger partial charge on any atom is -0.493 e. The smallest absolute Gasteiger partial charge is 0.253 e. The number of H-pyrrole nitrogens is 1. The molecular weight excluding hydrogens is 404 g/mol. The van der Waals surface area contributed by atoms with Crippen molar-refractivity contribution in [3.63, 3.8) is 0 Å². The van der Waals surface area contributed by atoms with Crippen LogP contribution < -0.4 is 25.1 Å². The highest BCUT2D eigenvalue weighted by Gasteiger charge is 2.23. The third-order valence-corrected chi connectivity index (χ3v) is 4.72. The van der Waals surface area contributed by atoms with Gasteiger partial charge in [-0.1, -0.05) is 0 Å². The molecule has 2 aromatic rings. The summed E-state index contributed by atoms with van der Waals surface area (Å²) in [5.41, 5.74) is 2.19. The van der Waals surface area contributed by atoms with Gasteiger partial charge in [-0.3, -0.25) is 9.59 Å². The number of aromatic amines is 1. The van der Waals surface area contributed by atoms with Gasteiger partial charge in [0.1, 0.15) is 0 Å². The fourth-order valence-electron chi connectivity index (χ4n) is 2.65. The molecular formula is C18H21BrN2O5. The molecule has 1 amide bonds. The Morgan fingerprint density at radius 3 is 2.31 bits per heavy atom. The average Bonchev–Trinajstić information content (AvgIpc) is 2.59. The fraction of sp³-hybridized carbons (Fsp3) is 0.333. The lowest BCUT2D eigenvalue weighted by Gasteiger charge is -2.16. The number of pyridine rings is 1. The normalized spacial score (nSPS) is 10.4. The van der Waals surface area contributed by atoms with Crippen LogP contribution in [0.5, 0.6) is 17.2 Å². The highest BCUT2D eigenvalue weighted by molar-refractivity contribution is 9.10. The van der Waals surface area contributed by atoms with Gasteiger partial charge in [0, 0.05) is 17.8 Å². The first-order valence-electron chi connectivity index (χ1n) is 7.80. The van der Waals surface area contributed by atoms with E-state index in [9.17, 15) is 9.59 Å². The van der Waals surface area contributed by atoms with E-state index >= 15 is 0 Å². The molecule has 0 aliphatic carbocycles. The molecule has 7 nitrogen and oxygen atoms in total. The number of benzene rings is 1. The molecule has 0 saturated heterocycles. The molecule has 0 aliphatic heterocycles. The zero-order valence-corrected chi connectivity index (χ0v) is 16.9. The van der Waals surface area contributed by atoms with Gasteiger partial charge in [0.2, 0.25) is 5.75 Å². The highest BCUT2D eigenvalue weighted by atomic mass is 79.9. The summed E-state index contributed by atoms with van der Waals surface area (Å²) in [6.45, 7) is 3.74.